The molecule has 0 radical (unpaired) electrons. The smallest absolute Gasteiger partial charge is 0.193 e. The summed E-state index contributed by atoms with van der Waals surface area (Å²) in [5.74, 6) is 1.90. The molecule has 0 amide bonds. The molecule has 0 aliphatic carbocycles. The standard InChI is InChI=1S/C16H32N4/c1-4-19-10-6-5-9-15(19)12-18-16(17-3)20-11-7-8-14(2)13-20/h14-15H,4-13H2,1-3H3,(H,17,18). The third-order valence-electron chi connectivity index (χ3n) is 4.82. The van der Waals surface area contributed by atoms with Crippen LogP contribution in [0, 0.1) is 5.92 Å². The van der Waals surface area contributed by atoms with Gasteiger partial charge >= 0.3 is 0 Å². The molecular weight excluding hydrogens is 248 g/mol. The van der Waals surface area contributed by atoms with E-state index >= 15 is 0 Å². The van der Waals surface area contributed by atoms with Gasteiger partial charge in [0.1, 0.15) is 0 Å². The summed E-state index contributed by atoms with van der Waals surface area (Å²) < 4.78 is 0. The van der Waals surface area contributed by atoms with E-state index in [4.69, 9.17) is 0 Å². The monoisotopic (exact) mass is 280 g/mol. The average molecular weight is 280 g/mol. The molecule has 116 valence electrons. The largest absolute Gasteiger partial charge is 0.355 e. The quantitative estimate of drug-likeness (QED) is 0.635. The second-order valence-corrected chi connectivity index (χ2v) is 6.40. The van der Waals surface area contributed by atoms with E-state index in [1.165, 1.54) is 45.2 Å². The molecule has 2 unspecified atom stereocenters. The van der Waals surface area contributed by atoms with Crippen LogP contribution >= 0.6 is 0 Å². The van der Waals surface area contributed by atoms with Gasteiger partial charge in [-0.2, -0.15) is 0 Å². The second kappa shape index (κ2) is 7.87. The molecule has 2 aliphatic heterocycles. The molecule has 0 spiro atoms. The first-order valence-electron chi connectivity index (χ1n) is 8.44. The number of likely N-dealkylation sites (tertiary alicyclic amines) is 2. The first kappa shape index (κ1) is 15.6. The molecule has 0 aromatic heterocycles. The van der Waals surface area contributed by atoms with Gasteiger partial charge in [0.15, 0.2) is 5.96 Å². The average Bonchev–Trinajstić information content (AvgIpc) is 2.48. The highest BCUT2D eigenvalue weighted by molar-refractivity contribution is 5.80. The minimum atomic E-state index is 0.688. The third-order valence-corrected chi connectivity index (χ3v) is 4.82. The minimum absolute atomic E-state index is 0.688. The zero-order valence-electron chi connectivity index (χ0n) is 13.6. The molecule has 4 heteroatoms. The maximum atomic E-state index is 4.49. The van der Waals surface area contributed by atoms with Crippen molar-refractivity contribution < 1.29 is 0 Å². The number of nitrogens with one attached hydrogen (secondary N) is 1. The van der Waals surface area contributed by atoms with Crippen molar-refractivity contribution >= 4 is 5.96 Å². The van der Waals surface area contributed by atoms with Gasteiger partial charge in [0.25, 0.3) is 0 Å². The van der Waals surface area contributed by atoms with Crippen molar-refractivity contribution in [2.75, 3.05) is 39.8 Å². The van der Waals surface area contributed by atoms with Crippen LogP contribution in [0.2, 0.25) is 0 Å². The Morgan fingerprint density at radius 2 is 2.05 bits per heavy atom. The van der Waals surface area contributed by atoms with Gasteiger partial charge in [0.2, 0.25) is 0 Å². The molecule has 0 aromatic carbocycles. The lowest BCUT2D eigenvalue weighted by atomic mass is 10.0. The molecule has 1 N–H and O–H groups in total. The number of piperidine rings is 2. The highest BCUT2D eigenvalue weighted by Gasteiger charge is 2.23. The van der Waals surface area contributed by atoms with Gasteiger partial charge in [-0.15, -0.1) is 0 Å². The Kier molecular flexibility index (Phi) is 6.14. The van der Waals surface area contributed by atoms with Crippen molar-refractivity contribution in [3.05, 3.63) is 0 Å². The Bertz CT molecular complexity index is 316. The number of nitrogens with zero attached hydrogens (tertiary/aromatic N) is 3. The molecule has 2 atom stereocenters. The number of aliphatic imine (C=N–C) groups is 1. The van der Waals surface area contributed by atoms with Crippen LogP contribution in [-0.2, 0) is 0 Å². The van der Waals surface area contributed by atoms with Crippen molar-refractivity contribution in [1.82, 2.24) is 15.1 Å². The summed E-state index contributed by atoms with van der Waals surface area (Å²) in [5.41, 5.74) is 0. The lowest BCUT2D eigenvalue weighted by Crippen LogP contribution is -2.51. The van der Waals surface area contributed by atoms with Crippen molar-refractivity contribution in [2.45, 2.75) is 52.0 Å². The first-order chi connectivity index (χ1) is 9.74. The highest BCUT2D eigenvalue weighted by Crippen LogP contribution is 2.17. The van der Waals surface area contributed by atoms with Gasteiger partial charge in [-0.3, -0.25) is 9.89 Å². The molecule has 2 rings (SSSR count). The van der Waals surface area contributed by atoms with Crippen LogP contribution < -0.4 is 5.32 Å². The van der Waals surface area contributed by atoms with Crippen LogP contribution in [0.4, 0.5) is 0 Å². The molecule has 2 aliphatic rings. The van der Waals surface area contributed by atoms with Crippen LogP contribution in [0.25, 0.3) is 0 Å². The first-order valence-corrected chi connectivity index (χ1v) is 8.44. The normalized spacial score (nSPS) is 29.6. The molecule has 2 saturated heterocycles. The highest BCUT2D eigenvalue weighted by atomic mass is 15.3. The van der Waals surface area contributed by atoms with Gasteiger partial charge in [0.05, 0.1) is 0 Å². The molecule has 20 heavy (non-hydrogen) atoms. The van der Waals surface area contributed by atoms with Crippen molar-refractivity contribution in [3.63, 3.8) is 0 Å². The Morgan fingerprint density at radius 3 is 2.75 bits per heavy atom. The molecule has 0 bridgehead atoms. The lowest BCUT2D eigenvalue weighted by molar-refractivity contribution is 0.156. The van der Waals surface area contributed by atoms with E-state index in [1.807, 2.05) is 7.05 Å². The van der Waals surface area contributed by atoms with E-state index in [0.717, 1.165) is 31.5 Å². The fourth-order valence-corrected chi connectivity index (χ4v) is 3.63. The SMILES string of the molecule is CCN1CCCCC1CNC(=NC)N1CCCC(C)C1. The van der Waals surface area contributed by atoms with Gasteiger partial charge in [-0.05, 0) is 44.7 Å². The Balaban J connectivity index is 1.84. The van der Waals surface area contributed by atoms with Gasteiger partial charge in [-0.25, -0.2) is 0 Å². The van der Waals surface area contributed by atoms with E-state index in [-0.39, 0.29) is 0 Å². The van der Waals surface area contributed by atoms with Crippen LogP contribution in [0.3, 0.4) is 0 Å². The maximum absolute atomic E-state index is 4.49. The topological polar surface area (TPSA) is 30.9 Å². The van der Waals surface area contributed by atoms with E-state index in [0.29, 0.717) is 6.04 Å². The van der Waals surface area contributed by atoms with E-state index < -0.39 is 0 Å². The van der Waals surface area contributed by atoms with E-state index in [1.54, 1.807) is 0 Å². The summed E-state index contributed by atoms with van der Waals surface area (Å²) in [4.78, 5) is 9.55. The van der Waals surface area contributed by atoms with Gasteiger partial charge < -0.3 is 10.2 Å². The second-order valence-electron chi connectivity index (χ2n) is 6.40. The molecule has 0 aromatic rings. The zero-order chi connectivity index (χ0) is 14.4. The summed E-state index contributed by atoms with van der Waals surface area (Å²) in [6.45, 7) is 10.4. The Morgan fingerprint density at radius 1 is 1.20 bits per heavy atom. The van der Waals surface area contributed by atoms with Gasteiger partial charge in [0, 0.05) is 32.7 Å². The third kappa shape index (κ3) is 4.11. The van der Waals surface area contributed by atoms with E-state index in [2.05, 4.69) is 34.0 Å². The van der Waals surface area contributed by atoms with Crippen molar-refractivity contribution in [3.8, 4) is 0 Å². The summed E-state index contributed by atoms with van der Waals surface area (Å²) >= 11 is 0. The van der Waals surface area contributed by atoms with Gasteiger partial charge in [-0.1, -0.05) is 20.3 Å². The molecular formula is C16H32N4. The number of hydrogen-bond acceptors (Lipinski definition) is 2. The molecule has 2 fully saturated rings. The summed E-state index contributed by atoms with van der Waals surface area (Å²) in [5, 5.41) is 3.63. The van der Waals surface area contributed by atoms with E-state index in [9.17, 15) is 0 Å². The van der Waals surface area contributed by atoms with Crippen LogP contribution in [0.1, 0.15) is 46.0 Å². The Hall–Kier alpha value is -0.770. The number of guanidine groups is 1. The van der Waals surface area contributed by atoms with Crippen LogP contribution in [0.5, 0.6) is 0 Å². The minimum Gasteiger partial charge on any atom is -0.355 e. The summed E-state index contributed by atoms with van der Waals surface area (Å²) in [6, 6.07) is 0.688. The number of rotatable bonds is 3. The summed E-state index contributed by atoms with van der Waals surface area (Å²) in [6.07, 6.45) is 6.73. The molecule has 2 heterocycles. The summed E-state index contributed by atoms with van der Waals surface area (Å²) in [7, 11) is 1.92. The number of hydrogen-bond donors (Lipinski definition) is 1. The fraction of sp³-hybridized carbons (Fsp3) is 0.938. The van der Waals surface area contributed by atoms with Crippen LogP contribution in [0.15, 0.2) is 4.99 Å². The Labute approximate surface area is 124 Å². The number of likely N-dealkylation sites (N-methyl/N-ethyl adjacent to an activating group) is 1. The predicted octanol–water partition coefficient (Wildman–Crippen LogP) is 2.17. The zero-order valence-corrected chi connectivity index (χ0v) is 13.6. The van der Waals surface area contributed by atoms with Crippen molar-refractivity contribution in [2.24, 2.45) is 10.9 Å². The van der Waals surface area contributed by atoms with Crippen molar-refractivity contribution in [1.29, 1.82) is 0 Å². The predicted molar refractivity (Wildman–Crippen MR) is 86.2 cm³/mol. The fourth-order valence-electron chi connectivity index (χ4n) is 3.63. The molecule has 4 nitrogen and oxygen atoms in total. The lowest BCUT2D eigenvalue weighted by Gasteiger charge is -2.37. The molecule has 0 saturated carbocycles. The van der Waals surface area contributed by atoms with Crippen LogP contribution in [-0.4, -0.2) is 61.6 Å². The maximum Gasteiger partial charge on any atom is 0.193 e.